The van der Waals surface area contributed by atoms with E-state index in [2.05, 4.69) is 5.32 Å². The first-order valence-electron chi connectivity index (χ1n) is 6.44. The summed E-state index contributed by atoms with van der Waals surface area (Å²) >= 11 is 0. The van der Waals surface area contributed by atoms with Crippen LogP contribution >= 0.6 is 0 Å². The number of carbonyl (C=O) groups is 1. The van der Waals surface area contributed by atoms with Gasteiger partial charge in [-0.2, -0.15) is 0 Å². The van der Waals surface area contributed by atoms with Gasteiger partial charge in [0, 0.05) is 16.5 Å². The van der Waals surface area contributed by atoms with Crippen LogP contribution in [0.25, 0.3) is 10.8 Å². The van der Waals surface area contributed by atoms with Crippen molar-refractivity contribution in [1.29, 1.82) is 0 Å². The Bertz CT molecular complexity index is 619. The Balaban J connectivity index is 2.46. The minimum Gasteiger partial charge on any atom is -0.347 e. The van der Waals surface area contributed by atoms with E-state index in [1.165, 1.54) is 6.07 Å². The highest BCUT2D eigenvalue weighted by Gasteiger charge is 2.20. The highest BCUT2D eigenvalue weighted by Crippen LogP contribution is 2.22. The normalized spacial score (nSPS) is 11.6. The zero-order valence-corrected chi connectivity index (χ0v) is 11.5. The first kappa shape index (κ1) is 13.5. The molecule has 0 radical (unpaired) electrons. The largest absolute Gasteiger partial charge is 0.347 e. The van der Waals surface area contributed by atoms with Gasteiger partial charge >= 0.3 is 0 Å². The molecule has 0 atom stereocenters. The second-order valence-corrected chi connectivity index (χ2v) is 5.33. The van der Waals surface area contributed by atoms with E-state index in [0.717, 1.165) is 6.42 Å². The van der Waals surface area contributed by atoms with Crippen molar-refractivity contribution < 1.29 is 9.18 Å². The SMILES string of the molecule is CCC(C)(C)NC(=O)c1ccc(F)c2ccccc12. The van der Waals surface area contributed by atoms with Crippen molar-refractivity contribution in [3.63, 3.8) is 0 Å². The van der Waals surface area contributed by atoms with Crippen molar-refractivity contribution >= 4 is 16.7 Å². The van der Waals surface area contributed by atoms with Crippen LogP contribution in [0.2, 0.25) is 0 Å². The van der Waals surface area contributed by atoms with E-state index >= 15 is 0 Å². The van der Waals surface area contributed by atoms with Gasteiger partial charge in [0.05, 0.1) is 0 Å². The van der Waals surface area contributed by atoms with Gasteiger partial charge in [-0.3, -0.25) is 4.79 Å². The van der Waals surface area contributed by atoms with Crippen molar-refractivity contribution in [2.45, 2.75) is 32.7 Å². The summed E-state index contributed by atoms with van der Waals surface area (Å²) in [4.78, 5) is 12.3. The molecule has 0 spiro atoms. The number of amides is 1. The molecule has 1 amide bonds. The molecular formula is C16H18FNO. The minimum absolute atomic E-state index is 0.164. The van der Waals surface area contributed by atoms with Crippen molar-refractivity contribution in [2.75, 3.05) is 0 Å². The summed E-state index contributed by atoms with van der Waals surface area (Å²) < 4.78 is 13.7. The molecule has 2 nitrogen and oxygen atoms in total. The lowest BCUT2D eigenvalue weighted by molar-refractivity contribution is 0.0913. The Kier molecular flexibility index (Phi) is 3.56. The molecule has 0 aromatic heterocycles. The summed E-state index contributed by atoms with van der Waals surface area (Å²) in [6.45, 7) is 5.95. The number of hydrogen-bond acceptors (Lipinski definition) is 1. The van der Waals surface area contributed by atoms with Crippen molar-refractivity contribution in [1.82, 2.24) is 5.32 Å². The molecule has 19 heavy (non-hydrogen) atoms. The molecule has 0 fully saturated rings. The summed E-state index contributed by atoms with van der Waals surface area (Å²) in [5, 5.41) is 4.09. The van der Waals surface area contributed by atoms with Gasteiger partial charge < -0.3 is 5.32 Å². The Morgan fingerprint density at radius 2 is 1.79 bits per heavy atom. The standard InChI is InChI=1S/C16H18FNO/c1-4-16(2,3)18-15(19)13-9-10-14(17)12-8-6-5-7-11(12)13/h5-10H,4H2,1-3H3,(H,18,19). The molecule has 0 bridgehead atoms. The summed E-state index contributed by atoms with van der Waals surface area (Å²) in [5.74, 6) is -0.468. The van der Waals surface area contributed by atoms with Gasteiger partial charge in [0.15, 0.2) is 0 Å². The van der Waals surface area contributed by atoms with E-state index in [0.29, 0.717) is 16.3 Å². The maximum absolute atomic E-state index is 13.7. The van der Waals surface area contributed by atoms with Crippen LogP contribution in [0.1, 0.15) is 37.6 Å². The van der Waals surface area contributed by atoms with E-state index in [9.17, 15) is 9.18 Å². The average molecular weight is 259 g/mol. The second-order valence-electron chi connectivity index (χ2n) is 5.33. The molecule has 0 aliphatic rings. The molecule has 0 aliphatic heterocycles. The molecule has 0 saturated carbocycles. The van der Waals surface area contributed by atoms with Crippen LogP contribution in [0.3, 0.4) is 0 Å². The van der Waals surface area contributed by atoms with Gasteiger partial charge in [0.1, 0.15) is 5.82 Å². The fraction of sp³-hybridized carbons (Fsp3) is 0.312. The minimum atomic E-state index is -0.304. The number of carbonyl (C=O) groups excluding carboxylic acids is 1. The number of fused-ring (bicyclic) bond motifs is 1. The van der Waals surface area contributed by atoms with Gasteiger partial charge in [0.25, 0.3) is 5.91 Å². The zero-order chi connectivity index (χ0) is 14.0. The summed E-state index contributed by atoms with van der Waals surface area (Å²) in [7, 11) is 0. The van der Waals surface area contributed by atoms with E-state index in [-0.39, 0.29) is 17.3 Å². The zero-order valence-electron chi connectivity index (χ0n) is 11.5. The first-order chi connectivity index (χ1) is 8.94. The van der Waals surface area contributed by atoms with Crippen LogP contribution < -0.4 is 5.32 Å². The van der Waals surface area contributed by atoms with Crippen LogP contribution in [0.15, 0.2) is 36.4 Å². The van der Waals surface area contributed by atoms with E-state index in [1.54, 1.807) is 24.3 Å². The van der Waals surface area contributed by atoms with E-state index in [4.69, 9.17) is 0 Å². The molecule has 3 heteroatoms. The van der Waals surface area contributed by atoms with Gasteiger partial charge in [-0.05, 0) is 37.8 Å². The van der Waals surface area contributed by atoms with Crippen LogP contribution in [0.4, 0.5) is 4.39 Å². The van der Waals surface area contributed by atoms with Crippen LogP contribution in [0, 0.1) is 5.82 Å². The van der Waals surface area contributed by atoms with Gasteiger partial charge in [-0.25, -0.2) is 4.39 Å². The van der Waals surface area contributed by atoms with E-state index < -0.39 is 0 Å². The molecule has 0 saturated heterocycles. The topological polar surface area (TPSA) is 29.1 Å². The molecule has 100 valence electrons. The number of hydrogen-bond donors (Lipinski definition) is 1. The molecule has 2 rings (SSSR count). The van der Waals surface area contributed by atoms with Gasteiger partial charge in [-0.15, -0.1) is 0 Å². The fourth-order valence-corrected chi connectivity index (χ4v) is 1.92. The lowest BCUT2D eigenvalue weighted by Crippen LogP contribution is -2.42. The average Bonchev–Trinajstić information content (AvgIpc) is 2.39. The molecular weight excluding hydrogens is 241 g/mol. The third-order valence-electron chi connectivity index (χ3n) is 3.45. The Labute approximate surface area is 112 Å². The number of nitrogens with one attached hydrogen (secondary N) is 1. The van der Waals surface area contributed by atoms with Gasteiger partial charge in [-0.1, -0.05) is 31.2 Å². The molecule has 2 aromatic carbocycles. The lowest BCUT2D eigenvalue weighted by Gasteiger charge is -2.24. The highest BCUT2D eigenvalue weighted by molar-refractivity contribution is 6.07. The van der Waals surface area contributed by atoms with Crippen molar-refractivity contribution in [3.8, 4) is 0 Å². The molecule has 0 unspecified atom stereocenters. The van der Waals surface area contributed by atoms with Gasteiger partial charge in [0.2, 0.25) is 0 Å². The maximum Gasteiger partial charge on any atom is 0.252 e. The lowest BCUT2D eigenvalue weighted by atomic mass is 9.99. The summed E-state index contributed by atoms with van der Waals surface area (Å²) in [6, 6.07) is 9.92. The first-order valence-corrected chi connectivity index (χ1v) is 6.44. The fourth-order valence-electron chi connectivity index (χ4n) is 1.92. The number of halogens is 1. The number of rotatable bonds is 3. The third kappa shape index (κ3) is 2.75. The monoisotopic (exact) mass is 259 g/mol. The predicted octanol–water partition coefficient (Wildman–Crippen LogP) is 3.90. The van der Waals surface area contributed by atoms with Crippen molar-refractivity contribution in [2.24, 2.45) is 0 Å². The van der Waals surface area contributed by atoms with Crippen LogP contribution in [-0.2, 0) is 0 Å². The highest BCUT2D eigenvalue weighted by atomic mass is 19.1. The smallest absolute Gasteiger partial charge is 0.252 e. The van der Waals surface area contributed by atoms with Crippen LogP contribution in [-0.4, -0.2) is 11.4 Å². The Morgan fingerprint density at radius 3 is 2.42 bits per heavy atom. The quantitative estimate of drug-likeness (QED) is 0.890. The van der Waals surface area contributed by atoms with E-state index in [1.807, 2.05) is 26.8 Å². The molecule has 0 heterocycles. The second kappa shape index (κ2) is 5.00. The van der Waals surface area contributed by atoms with Crippen LogP contribution in [0.5, 0.6) is 0 Å². The molecule has 0 aliphatic carbocycles. The Hall–Kier alpha value is -1.90. The van der Waals surface area contributed by atoms with Crippen molar-refractivity contribution in [3.05, 3.63) is 47.8 Å². The number of benzene rings is 2. The summed E-state index contributed by atoms with van der Waals surface area (Å²) in [5.41, 5.74) is 0.241. The maximum atomic E-state index is 13.7. The predicted molar refractivity (Wildman–Crippen MR) is 75.7 cm³/mol. The Morgan fingerprint density at radius 1 is 1.16 bits per heavy atom. The molecule has 1 N–H and O–H groups in total. The molecule has 2 aromatic rings. The third-order valence-corrected chi connectivity index (χ3v) is 3.45. The summed E-state index contributed by atoms with van der Waals surface area (Å²) in [6.07, 6.45) is 0.831.